The number of halogens is 4. The predicted molar refractivity (Wildman–Crippen MR) is 121 cm³/mol. The van der Waals surface area contributed by atoms with Crippen molar-refractivity contribution in [2.24, 2.45) is 0 Å². The highest BCUT2D eigenvalue weighted by Crippen LogP contribution is 2.49. The van der Waals surface area contributed by atoms with Gasteiger partial charge in [-0.2, -0.15) is 23.7 Å². The fourth-order valence-electron chi connectivity index (χ4n) is 4.39. The molecule has 0 radical (unpaired) electrons. The van der Waals surface area contributed by atoms with Gasteiger partial charge in [0.2, 0.25) is 0 Å². The summed E-state index contributed by atoms with van der Waals surface area (Å²) in [5.41, 5.74) is -1.73. The highest BCUT2D eigenvalue weighted by molar-refractivity contribution is 7.80. The van der Waals surface area contributed by atoms with E-state index in [1.54, 1.807) is 4.90 Å². The molecule has 0 N–H and O–H groups in total. The average Bonchev–Trinajstić information content (AvgIpc) is 3.56. The highest BCUT2D eigenvalue weighted by atomic mass is 32.1. The summed E-state index contributed by atoms with van der Waals surface area (Å²) in [5, 5.41) is 17.9. The molecule has 2 fully saturated rings. The Morgan fingerprint density at radius 3 is 2.38 bits per heavy atom. The van der Waals surface area contributed by atoms with Crippen LogP contribution in [0.5, 0.6) is 0 Å². The Labute approximate surface area is 199 Å². The molecule has 2 saturated heterocycles. The molecule has 0 saturated carbocycles. The summed E-state index contributed by atoms with van der Waals surface area (Å²) in [6.45, 7) is 3.80. The van der Waals surface area contributed by atoms with E-state index in [0.29, 0.717) is 12.1 Å². The van der Waals surface area contributed by atoms with Crippen LogP contribution < -0.4 is 9.80 Å². The smallest absolute Gasteiger partial charge is 0.345 e. The number of fused-ring (bicyclic) bond motifs is 1. The first-order chi connectivity index (χ1) is 16.0. The lowest BCUT2D eigenvalue weighted by Gasteiger charge is -2.46. The fourth-order valence-corrected chi connectivity index (χ4v) is 4.94. The van der Waals surface area contributed by atoms with Crippen molar-refractivity contribution in [1.29, 1.82) is 10.5 Å². The van der Waals surface area contributed by atoms with E-state index in [-0.39, 0.29) is 5.11 Å². The lowest BCUT2D eigenvalue weighted by Crippen LogP contribution is -2.62. The molecule has 2 aromatic carbocycles. The van der Waals surface area contributed by atoms with Gasteiger partial charge in [0.1, 0.15) is 11.7 Å². The van der Waals surface area contributed by atoms with E-state index in [9.17, 15) is 13.2 Å². The number of epoxide rings is 1. The number of benzene rings is 2. The zero-order valence-electron chi connectivity index (χ0n) is 18.4. The van der Waals surface area contributed by atoms with Crippen molar-refractivity contribution in [3.05, 3.63) is 58.9 Å². The van der Waals surface area contributed by atoms with Crippen LogP contribution in [0.1, 0.15) is 43.4 Å². The molecule has 34 heavy (non-hydrogen) atoms. The largest absolute Gasteiger partial charge is 0.420 e. The second-order valence-electron chi connectivity index (χ2n) is 8.70. The quantitative estimate of drug-likeness (QED) is 0.234. The van der Waals surface area contributed by atoms with Gasteiger partial charge in [-0.25, -0.2) is 4.39 Å². The number of hydrogen-bond donors (Lipinski definition) is 0. The first-order valence-corrected chi connectivity index (χ1v) is 11.0. The number of unbranched alkanes of at least 4 members (excludes halogenated alkanes) is 1. The SMILES string of the molecule is CC1(C)C2OC2N(c2ccc(C#N)c(C(F)(F)F)c2F)C(=S)N1c1ccc(CCCC#N)cc1. The highest BCUT2D eigenvalue weighted by Gasteiger charge is 2.62. The molecule has 2 heterocycles. The molecule has 0 amide bonds. The molecule has 0 aromatic heterocycles. The van der Waals surface area contributed by atoms with Crippen LogP contribution in [0.15, 0.2) is 36.4 Å². The van der Waals surface area contributed by atoms with E-state index in [1.165, 1.54) is 11.0 Å². The molecule has 2 aromatic rings. The minimum Gasteiger partial charge on any atom is -0.345 e. The lowest BCUT2D eigenvalue weighted by atomic mass is 9.93. The Morgan fingerprint density at radius 2 is 1.79 bits per heavy atom. The Bertz CT molecular complexity index is 1210. The normalized spacial score (nSPS) is 21.0. The summed E-state index contributed by atoms with van der Waals surface area (Å²) in [7, 11) is 0. The van der Waals surface area contributed by atoms with Gasteiger partial charge < -0.3 is 9.64 Å². The average molecular weight is 489 g/mol. The number of nitriles is 2. The second kappa shape index (κ2) is 8.53. The van der Waals surface area contributed by atoms with Crippen molar-refractivity contribution < 1.29 is 22.3 Å². The van der Waals surface area contributed by atoms with Crippen molar-refractivity contribution in [3.8, 4) is 12.1 Å². The maximum atomic E-state index is 15.2. The minimum absolute atomic E-state index is 0.0951. The molecular weight excluding hydrogens is 468 g/mol. The summed E-state index contributed by atoms with van der Waals surface area (Å²) in [6, 6.07) is 13.1. The van der Waals surface area contributed by atoms with E-state index in [0.717, 1.165) is 30.5 Å². The fraction of sp³-hybridized carbons (Fsp3) is 0.375. The second-order valence-corrected chi connectivity index (χ2v) is 9.06. The topological polar surface area (TPSA) is 66.6 Å². The van der Waals surface area contributed by atoms with Gasteiger partial charge in [0.15, 0.2) is 17.2 Å². The van der Waals surface area contributed by atoms with E-state index in [4.69, 9.17) is 27.5 Å². The van der Waals surface area contributed by atoms with Crippen molar-refractivity contribution in [2.75, 3.05) is 9.80 Å². The third-order valence-corrected chi connectivity index (χ3v) is 6.51. The molecule has 4 rings (SSSR count). The molecule has 0 bridgehead atoms. The molecule has 2 aliphatic rings. The van der Waals surface area contributed by atoms with Gasteiger partial charge in [-0.3, -0.25) is 4.90 Å². The lowest BCUT2D eigenvalue weighted by molar-refractivity contribution is -0.140. The summed E-state index contributed by atoms with van der Waals surface area (Å²) in [5.74, 6) is -1.56. The third-order valence-electron chi connectivity index (χ3n) is 6.13. The molecule has 176 valence electrons. The van der Waals surface area contributed by atoms with Crippen LogP contribution in [0.25, 0.3) is 0 Å². The van der Waals surface area contributed by atoms with Crippen molar-refractivity contribution >= 4 is 28.7 Å². The van der Waals surface area contributed by atoms with Crippen LogP contribution in [-0.4, -0.2) is 23.0 Å². The van der Waals surface area contributed by atoms with Gasteiger partial charge in [-0.1, -0.05) is 12.1 Å². The van der Waals surface area contributed by atoms with Crippen LogP contribution in [0.3, 0.4) is 0 Å². The van der Waals surface area contributed by atoms with Gasteiger partial charge >= 0.3 is 6.18 Å². The zero-order valence-corrected chi connectivity index (χ0v) is 19.2. The van der Waals surface area contributed by atoms with Crippen LogP contribution >= 0.6 is 12.2 Å². The van der Waals surface area contributed by atoms with Crippen LogP contribution in [0, 0.1) is 28.5 Å². The van der Waals surface area contributed by atoms with Crippen LogP contribution in [0.2, 0.25) is 0 Å². The number of alkyl halides is 3. The van der Waals surface area contributed by atoms with Gasteiger partial charge in [0.05, 0.1) is 28.9 Å². The van der Waals surface area contributed by atoms with Gasteiger partial charge in [0.25, 0.3) is 0 Å². The van der Waals surface area contributed by atoms with Crippen molar-refractivity contribution in [2.45, 2.75) is 57.2 Å². The van der Waals surface area contributed by atoms with Gasteiger partial charge in [-0.15, -0.1) is 0 Å². The van der Waals surface area contributed by atoms with E-state index in [2.05, 4.69) is 6.07 Å². The van der Waals surface area contributed by atoms with E-state index >= 15 is 4.39 Å². The Kier molecular flexibility index (Phi) is 6.01. The number of anilines is 2. The number of rotatable bonds is 5. The Hall–Kier alpha value is -3.21. The summed E-state index contributed by atoms with van der Waals surface area (Å²) >= 11 is 5.66. The molecule has 2 unspecified atom stereocenters. The number of aryl methyl sites for hydroxylation is 1. The van der Waals surface area contributed by atoms with Crippen LogP contribution in [0.4, 0.5) is 28.9 Å². The number of ether oxygens (including phenoxy) is 1. The zero-order chi connectivity index (χ0) is 24.8. The molecule has 0 aliphatic carbocycles. The number of hydrogen-bond acceptors (Lipinski definition) is 4. The first-order valence-electron chi connectivity index (χ1n) is 10.6. The molecule has 5 nitrogen and oxygen atoms in total. The van der Waals surface area contributed by atoms with E-state index in [1.807, 2.05) is 38.1 Å². The summed E-state index contributed by atoms with van der Waals surface area (Å²) < 4.78 is 61.7. The number of nitrogens with zero attached hydrogens (tertiary/aromatic N) is 4. The van der Waals surface area contributed by atoms with Crippen molar-refractivity contribution in [1.82, 2.24) is 0 Å². The molecule has 10 heteroatoms. The third kappa shape index (κ3) is 3.97. The monoisotopic (exact) mass is 488 g/mol. The van der Waals surface area contributed by atoms with Crippen molar-refractivity contribution in [3.63, 3.8) is 0 Å². The molecule has 2 aliphatic heterocycles. The van der Waals surface area contributed by atoms with Gasteiger partial charge in [-0.05, 0) is 68.7 Å². The Balaban J connectivity index is 1.73. The maximum Gasteiger partial charge on any atom is 0.420 e. The summed E-state index contributed by atoms with van der Waals surface area (Å²) in [6.07, 6.45) is -4.28. The van der Waals surface area contributed by atoms with Crippen LogP contribution in [-0.2, 0) is 17.3 Å². The molecular formula is C24H20F4N4OS. The maximum absolute atomic E-state index is 15.2. The Morgan fingerprint density at radius 1 is 1.12 bits per heavy atom. The first kappa shape index (κ1) is 23.9. The van der Waals surface area contributed by atoms with E-state index < -0.39 is 46.7 Å². The summed E-state index contributed by atoms with van der Waals surface area (Å²) in [4.78, 5) is 3.00. The predicted octanol–water partition coefficient (Wildman–Crippen LogP) is 5.68. The molecule has 0 spiro atoms. The van der Waals surface area contributed by atoms with Gasteiger partial charge in [0, 0.05) is 12.1 Å². The number of thiocarbonyl (C=S) groups is 1. The minimum atomic E-state index is -5.05. The standard InChI is InChI=1S/C24H20F4N4OS/c1-23(2)20-21(33-20)31(17-11-8-15(13-30)18(19(17)25)24(26,27)28)22(34)32(23)16-9-6-14(7-10-16)5-3-4-12-29/h6-11,20-21H,3-5H2,1-2H3. The molecule has 2 atom stereocenters.